The van der Waals surface area contributed by atoms with E-state index in [9.17, 15) is 4.79 Å². The highest BCUT2D eigenvalue weighted by Crippen LogP contribution is 2.47. The predicted octanol–water partition coefficient (Wildman–Crippen LogP) is 5.99. The van der Waals surface area contributed by atoms with Crippen LogP contribution in [-0.4, -0.2) is 31.8 Å². The van der Waals surface area contributed by atoms with Gasteiger partial charge in [0.05, 0.1) is 26.9 Å². The number of benzene rings is 2. The first kappa shape index (κ1) is 25.7. The molecule has 36 heavy (non-hydrogen) atoms. The zero-order chi connectivity index (χ0) is 26.4. The number of ether oxygens (including phenoxy) is 3. The Labute approximate surface area is 214 Å². The molecule has 0 spiro atoms. The third-order valence-electron chi connectivity index (χ3n) is 7.85. The number of rotatable bonds is 7. The van der Waals surface area contributed by atoms with E-state index in [0.29, 0.717) is 29.4 Å². The summed E-state index contributed by atoms with van der Waals surface area (Å²) in [4.78, 5) is 12.3. The normalized spacial score (nSPS) is 15.8. The summed E-state index contributed by atoms with van der Waals surface area (Å²) in [7, 11) is 4.80. The molecule has 0 saturated heterocycles. The molecule has 1 amide bonds. The van der Waals surface area contributed by atoms with Crippen molar-refractivity contribution >= 4 is 5.91 Å². The van der Waals surface area contributed by atoms with Gasteiger partial charge in [-0.15, -0.1) is 0 Å². The van der Waals surface area contributed by atoms with Crippen molar-refractivity contribution in [1.82, 2.24) is 4.57 Å². The van der Waals surface area contributed by atoms with E-state index in [1.54, 1.807) is 21.3 Å². The van der Waals surface area contributed by atoms with Crippen LogP contribution in [0.5, 0.6) is 17.2 Å². The summed E-state index contributed by atoms with van der Waals surface area (Å²) in [6.45, 7) is 11.7. The molecule has 0 radical (unpaired) electrons. The van der Waals surface area contributed by atoms with Gasteiger partial charge in [-0.05, 0) is 77.1 Å². The van der Waals surface area contributed by atoms with Gasteiger partial charge in [0.15, 0.2) is 11.5 Å². The van der Waals surface area contributed by atoms with Crippen LogP contribution in [0.3, 0.4) is 0 Å². The maximum Gasteiger partial charge on any atom is 0.250 e. The predicted molar refractivity (Wildman–Crippen MR) is 144 cm³/mol. The van der Waals surface area contributed by atoms with Crippen molar-refractivity contribution in [3.63, 3.8) is 0 Å². The lowest BCUT2D eigenvalue weighted by Gasteiger charge is -2.42. The van der Waals surface area contributed by atoms with E-state index < -0.39 is 5.91 Å². The minimum atomic E-state index is -0.434. The van der Waals surface area contributed by atoms with Gasteiger partial charge in [0.1, 0.15) is 0 Å². The Balaban J connectivity index is 1.88. The van der Waals surface area contributed by atoms with Gasteiger partial charge in [0.25, 0.3) is 5.91 Å². The Hall–Kier alpha value is -3.41. The summed E-state index contributed by atoms with van der Waals surface area (Å²) in [5.41, 5.74) is 13.1. The van der Waals surface area contributed by atoms with Crippen LogP contribution in [0, 0.1) is 6.92 Å². The molecule has 6 heteroatoms. The topological polar surface area (TPSA) is 75.7 Å². The molecule has 2 aromatic carbocycles. The van der Waals surface area contributed by atoms with Gasteiger partial charge in [-0.3, -0.25) is 4.79 Å². The number of hydrogen-bond acceptors (Lipinski definition) is 4. The molecule has 192 valence electrons. The smallest absolute Gasteiger partial charge is 0.250 e. The SMILES string of the molecule is COc1cc(Cn2c(-c3ccc4c(c3)C(C)(C)CCC4(C)C)cc(C(N)=O)c2C)cc(OC)c1OC. The third kappa shape index (κ3) is 4.34. The number of aromatic nitrogens is 1. The van der Waals surface area contributed by atoms with Gasteiger partial charge in [0, 0.05) is 17.9 Å². The van der Waals surface area contributed by atoms with E-state index in [2.05, 4.69) is 50.5 Å². The average Bonchev–Trinajstić information content (AvgIpc) is 3.17. The quantitative estimate of drug-likeness (QED) is 0.442. The van der Waals surface area contributed by atoms with Crippen molar-refractivity contribution in [2.24, 2.45) is 5.73 Å². The average molecular weight is 491 g/mol. The van der Waals surface area contributed by atoms with Crippen LogP contribution in [0.15, 0.2) is 36.4 Å². The van der Waals surface area contributed by atoms with Gasteiger partial charge in [-0.2, -0.15) is 0 Å². The van der Waals surface area contributed by atoms with Crippen molar-refractivity contribution in [3.05, 3.63) is 64.3 Å². The lowest BCUT2D eigenvalue weighted by Crippen LogP contribution is -2.33. The maximum absolute atomic E-state index is 12.3. The molecule has 0 fully saturated rings. The number of primary amides is 1. The Morgan fingerprint density at radius 2 is 1.47 bits per heavy atom. The van der Waals surface area contributed by atoms with Gasteiger partial charge < -0.3 is 24.5 Å². The molecular formula is C30H38N2O4. The highest BCUT2D eigenvalue weighted by Gasteiger charge is 2.37. The second kappa shape index (κ2) is 9.23. The van der Waals surface area contributed by atoms with Crippen molar-refractivity contribution in [1.29, 1.82) is 0 Å². The lowest BCUT2D eigenvalue weighted by atomic mass is 9.63. The number of fused-ring (bicyclic) bond motifs is 1. The van der Waals surface area contributed by atoms with E-state index in [0.717, 1.165) is 35.4 Å². The van der Waals surface area contributed by atoms with Crippen molar-refractivity contribution in [2.75, 3.05) is 21.3 Å². The van der Waals surface area contributed by atoms with Crippen LogP contribution in [0.1, 0.15) is 73.3 Å². The Kier molecular flexibility index (Phi) is 6.58. The Morgan fingerprint density at radius 1 is 0.889 bits per heavy atom. The van der Waals surface area contributed by atoms with Crippen LogP contribution >= 0.6 is 0 Å². The molecule has 1 aromatic heterocycles. The standard InChI is InChI=1S/C30H38N2O4/c1-18-21(28(31)33)16-24(20-9-10-22-23(15-20)30(4,5)12-11-29(22,2)3)32(18)17-19-13-25(34-6)27(36-8)26(14-19)35-7/h9-10,13-16H,11-12,17H2,1-8H3,(H2,31,33). The van der Waals surface area contributed by atoms with Crippen LogP contribution in [0.2, 0.25) is 0 Å². The van der Waals surface area contributed by atoms with E-state index >= 15 is 0 Å². The summed E-state index contributed by atoms with van der Waals surface area (Å²) in [5, 5.41) is 0. The second-order valence-corrected chi connectivity index (χ2v) is 11.0. The Bertz CT molecular complexity index is 1290. The summed E-state index contributed by atoms with van der Waals surface area (Å²) < 4.78 is 18.8. The van der Waals surface area contributed by atoms with Gasteiger partial charge >= 0.3 is 0 Å². The van der Waals surface area contributed by atoms with Gasteiger partial charge in [-0.1, -0.05) is 39.8 Å². The van der Waals surface area contributed by atoms with Crippen LogP contribution < -0.4 is 19.9 Å². The lowest BCUT2D eigenvalue weighted by molar-refractivity contribution is 0.0999. The second-order valence-electron chi connectivity index (χ2n) is 11.0. The van der Waals surface area contributed by atoms with Crippen molar-refractivity contribution in [2.45, 2.75) is 64.8 Å². The number of carbonyl (C=O) groups excluding carboxylic acids is 1. The number of amides is 1. The molecule has 1 aliphatic rings. The largest absolute Gasteiger partial charge is 0.493 e. The maximum atomic E-state index is 12.3. The zero-order valence-corrected chi connectivity index (χ0v) is 22.7. The van der Waals surface area contributed by atoms with Crippen LogP contribution in [0.4, 0.5) is 0 Å². The summed E-state index contributed by atoms with van der Waals surface area (Å²) in [6, 6.07) is 12.5. The molecule has 0 bridgehead atoms. The molecule has 0 unspecified atom stereocenters. The highest BCUT2D eigenvalue weighted by atomic mass is 16.5. The highest BCUT2D eigenvalue weighted by molar-refractivity contribution is 5.95. The summed E-state index contributed by atoms with van der Waals surface area (Å²) in [5.74, 6) is 1.29. The van der Waals surface area contributed by atoms with Crippen LogP contribution in [-0.2, 0) is 17.4 Å². The minimum absolute atomic E-state index is 0.0799. The molecule has 1 aliphatic carbocycles. The molecule has 0 atom stereocenters. The fourth-order valence-corrected chi connectivity index (χ4v) is 5.49. The first-order valence-corrected chi connectivity index (χ1v) is 12.4. The van der Waals surface area contributed by atoms with Gasteiger partial charge in [-0.25, -0.2) is 0 Å². The number of carbonyl (C=O) groups is 1. The van der Waals surface area contributed by atoms with E-state index in [-0.39, 0.29) is 10.8 Å². The van der Waals surface area contributed by atoms with Crippen molar-refractivity contribution < 1.29 is 19.0 Å². The molecule has 0 aliphatic heterocycles. The third-order valence-corrected chi connectivity index (χ3v) is 7.85. The number of nitrogens with two attached hydrogens (primary N) is 1. The molecule has 2 N–H and O–H groups in total. The first-order valence-electron chi connectivity index (χ1n) is 12.4. The van der Waals surface area contributed by atoms with Gasteiger partial charge in [0.2, 0.25) is 5.75 Å². The van der Waals surface area contributed by atoms with E-state index in [4.69, 9.17) is 19.9 Å². The van der Waals surface area contributed by atoms with E-state index in [1.165, 1.54) is 11.1 Å². The fourth-order valence-electron chi connectivity index (χ4n) is 5.49. The van der Waals surface area contributed by atoms with E-state index in [1.807, 2.05) is 25.1 Å². The number of nitrogens with zero attached hydrogens (tertiary/aromatic N) is 1. The number of hydrogen-bond donors (Lipinski definition) is 1. The minimum Gasteiger partial charge on any atom is -0.493 e. The molecule has 4 rings (SSSR count). The summed E-state index contributed by atoms with van der Waals surface area (Å²) in [6.07, 6.45) is 2.29. The molecule has 1 heterocycles. The zero-order valence-electron chi connectivity index (χ0n) is 22.7. The number of methoxy groups -OCH3 is 3. The molecule has 6 nitrogen and oxygen atoms in total. The molecule has 0 saturated carbocycles. The monoisotopic (exact) mass is 490 g/mol. The van der Waals surface area contributed by atoms with Crippen LogP contribution in [0.25, 0.3) is 11.3 Å². The Morgan fingerprint density at radius 3 is 2.00 bits per heavy atom. The fraction of sp³-hybridized carbons (Fsp3) is 0.433. The first-order chi connectivity index (χ1) is 16.9. The molecular weight excluding hydrogens is 452 g/mol. The van der Waals surface area contributed by atoms with Crippen molar-refractivity contribution in [3.8, 4) is 28.5 Å². The summed E-state index contributed by atoms with van der Waals surface area (Å²) >= 11 is 0. The molecule has 3 aromatic rings.